The molecular formula is C15H21N3O. The largest absolute Gasteiger partial charge is 0.493 e. The molecule has 0 aromatic heterocycles. The van der Waals surface area contributed by atoms with E-state index in [2.05, 4.69) is 33.8 Å². The van der Waals surface area contributed by atoms with Gasteiger partial charge in [0.1, 0.15) is 5.75 Å². The van der Waals surface area contributed by atoms with Gasteiger partial charge in [-0.1, -0.05) is 12.1 Å². The number of benzene rings is 1. The van der Waals surface area contributed by atoms with Crippen LogP contribution in [0.15, 0.2) is 23.2 Å². The Balaban J connectivity index is 1.48. The second kappa shape index (κ2) is 5.51. The molecule has 2 N–H and O–H groups in total. The van der Waals surface area contributed by atoms with E-state index in [1.54, 1.807) is 0 Å². The van der Waals surface area contributed by atoms with Crippen LogP contribution < -0.4 is 15.4 Å². The predicted octanol–water partition coefficient (Wildman–Crippen LogP) is 1.49. The molecule has 0 saturated heterocycles. The molecule has 1 aliphatic heterocycles. The first-order valence-electron chi connectivity index (χ1n) is 7.07. The molecule has 2 aliphatic rings. The van der Waals surface area contributed by atoms with Gasteiger partial charge in [-0.05, 0) is 36.5 Å². The topological polar surface area (TPSA) is 45.7 Å². The fourth-order valence-corrected chi connectivity index (χ4v) is 2.34. The highest BCUT2D eigenvalue weighted by Gasteiger charge is 2.21. The van der Waals surface area contributed by atoms with Crippen LogP contribution in [0.3, 0.4) is 0 Å². The van der Waals surface area contributed by atoms with Gasteiger partial charge in [-0.25, -0.2) is 0 Å². The van der Waals surface area contributed by atoms with E-state index in [0.29, 0.717) is 6.04 Å². The quantitative estimate of drug-likeness (QED) is 0.636. The van der Waals surface area contributed by atoms with Gasteiger partial charge in [0.05, 0.1) is 6.61 Å². The number of hydrogen-bond acceptors (Lipinski definition) is 2. The number of nitrogens with one attached hydrogen (secondary N) is 2. The minimum Gasteiger partial charge on any atom is -0.493 e. The van der Waals surface area contributed by atoms with Gasteiger partial charge in [0, 0.05) is 26.1 Å². The Bertz CT molecular complexity index is 480. The zero-order chi connectivity index (χ0) is 13.1. The van der Waals surface area contributed by atoms with Crippen LogP contribution in [0.4, 0.5) is 0 Å². The van der Waals surface area contributed by atoms with E-state index in [-0.39, 0.29) is 0 Å². The van der Waals surface area contributed by atoms with Crippen molar-refractivity contribution in [2.75, 3.05) is 20.2 Å². The maximum absolute atomic E-state index is 5.52. The number of hydrogen-bond donors (Lipinski definition) is 2. The molecule has 0 bridgehead atoms. The Labute approximate surface area is 114 Å². The van der Waals surface area contributed by atoms with Crippen molar-refractivity contribution in [2.24, 2.45) is 4.99 Å². The van der Waals surface area contributed by atoms with Crippen molar-refractivity contribution in [3.05, 3.63) is 29.3 Å². The SMILES string of the molecule is CN=C(NCCc1ccc2c(c1)CCO2)NC1CC1. The van der Waals surface area contributed by atoms with Gasteiger partial charge in [0.15, 0.2) is 5.96 Å². The summed E-state index contributed by atoms with van der Waals surface area (Å²) in [6.45, 7) is 1.74. The van der Waals surface area contributed by atoms with Crippen LogP contribution in [0.5, 0.6) is 5.75 Å². The van der Waals surface area contributed by atoms with E-state index in [4.69, 9.17) is 4.74 Å². The van der Waals surface area contributed by atoms with Crippen molar-refractivity contribution in [3.8, 4) is 5.75 Å². The third-order valence-electron chi connectivity index (χ3n) is 3.60. The van der Waals surface area contributed by atoms with Crippen LogP contribution in [0.2, 0.25) is 0 Å². The van der Waals surface area contributed by atoms with E-state index in [9.17, 15) is 0 Å². The van der Waals surface area contributed by atoms with Crippen molar-refractivity contribution in [2.45, 2.75) is 31.7 Å². The lowest BCUT2D eigenvalue weighted by atomic mass is 10.1. The fourth-order valence-electron chi connectivity index (χ4n) is 2.34. The van der Waals surface area contributed by atoms with E-state index >= 15 is 0 Å². The molecule has 0 spiro atoms. The summed E-state index contributed by atoms with van der Waals surface area (Å²) in [6, 6.07) is 7.15. The first-order valence-corrected chi connectivity index (χ1v) is 7.07. The molecule has 0 unspecified atom stereocenters. The third-order valence-corrected chi connectivity index (χ3v) is 3.60. The zero-order valence-corrected chi connectivity index (χ0v) is 11.4. The molecule has 1 aromatic carbocycles. The normalized spacial score (nSPS) is 17.8. The van der Waals surface area contributed by atoms with Crippen molar-refractivity contribution < 1.29 is 4.74 Å². The molecule has 1 fully saturated rings. The van der Waals surface area contributed by atoms with E-state index in [0.717, 1.165) is 37.7 Å². The number of nitrogens with zero attached hydrogens (tertiary/aromatic N) is 1. The second-order valence-corrected chi connectivity index (χ2v) is 5.21. The lowest BCUT2D eigenvalue weighted by molar-refractivity contribution is 0.357. The summed E-state index contributed by atoms with van der Waals surface area (Å²) in [6.07, 6.45) is 4.59. The van der Waals surface area contributed by atoms with Crippen LogP contribution in [0, 0.1) is 0 Å². The summed E-state index contributed by atoms with van der Waals surface area (Å²) in [5.74, 6) is 1.98. The van der Waals surface area contributed by atoms with Crippen LogP contribution in [-0.2, 0) is 12.8 Å². The van der Waals surface area contributed by atoms with E-state index < -0.39 is 0 Å². The van der Waals surface area contributed by atoms with Crippen LogP contribution in [-0.4, -0.2) is 32.2 Å². The summed E-state index contributed by atoms with van der Waals surface area (Å²) in [5.41, 5.74) is 2.71. The predicted molar refractivity (Wildman–Crippen MR) is 76.9 cm³/mol. The van der Waals surface area contributed by atoms with Gasteiger partial charge < -0.3 is 15.4 Å². The van der Waals surface area contributed by atoms with Gasteiger partial charge in [0.2, 0.25) is 0 Å². The monoisotopic (exact) mass is 259 g/mol. The van der Waals surface area contributed by atoms with Gasteiger partial charge in [-0.2, -0.15) is 0 Å². The molecule has 1 saturated carbocycles. The van der Waals surface area contributed by atoms with Crippen molar-refractivity contribution in [3.63, 3.8) is 0 Å². The van der Waals surface area contributed by atoms with Crippen molar-refractivity contribution in [1.29, 1.82) is 0 Å². The maximum Gasteiger partial charge on any atom is 0.191 e. The third kappa shape index (κ3) is 3.19. The Morgan fingerprint density at radius 2 is 2.32 bits per heavy atom. The highest BCUT2D eigenvalue weighted by molar-refractivity contribution is 5.80. The molecule has 1 heterocycles. The number of rotatable bonds is 4. The number of aliphatic imine (C=N–C) groups is 1. The highest BCUT2D eigenvalue weighted by Crippen LogP contribution is 2.25. The summed E-state index contributed by atoms with van der Waals surface area (Å²) in [7, 11) is 1.82. The molecule has 102 valence electrons. The molecule has 0 atom stereocenters. The minimum absolute atomic E-state index is 0.642. The summed E-state index contributed by atoms with van der Waals surface area (Å²) in [4.78, 5) is 4.23. The summed E-state index contributed by atoms with van der Waals surface area (Å²) in [5, 5.41) is 6.75. The van der Waals surface area contributed by atoms with Gasteiger partial charge in [-0.15, -0.1) is 0 Å². The smallest absolute Gasteiger partial charge is 0.191 e. The van der Waals surface area contributed by atoms with Crippen molar-refractivity contribution >= 4 is 5.96 Å². The Kier molecular flexibility index (Phi) is 3.58. The molecule has 1 aromatic rings. The van der Waals surface area contributed by atoms with Gasteiger partial charge in [-0.3, -0.25) is 4.99 Å². The Morgan fingerprint density at radius 3 is 3.11 bits per heavy atom. The van der Waals surface area contributed by atoms with Crippen LogP contribution in [0.25, 0.3) is 0 Å². The fraction of sp³-hybridized carbons (Fsp3) is 0.533. The van der Waals surface area contributed by atoms with E-state index in [1.165, 1.54) is 24.0 Å². The molecule has 4 nitrogen and oxygen atoms in total. The van der Waals surface area contributed by atoms with Crippen molar-refractivity contribution in [1.82, 2.24) is 10.6 Å². The highest BCUT2D eigenvalue weighted by atomic mass is 16.5. The lowest BCUT2D eigenvalue weighted by Gasteiger charge is -2.11. The average Bonchev–Trinajstić information content (AvgIpc) is 3.12. The summed E-state index contributed by atoms with van der Waals surface area (Å²) < 4.78 is 5.52. The van der Waals surface area contributed by atoms with E-state index in [1.807, 2.05) is 7.05 Å². The van der Waals surface area contributed by atoms with Gasteiger partial charge in [0.25, 0.3) is 0 Å². The Morgan fingerprint density at radius 1 is 1.42 bits per heavy atom. The molecule has 4 heteroatoms. The molecule has 19 heavy (non-hydrogen) atoms. The standard InChI is InChI=1S/C15H21N3O/c1-16-15(18-13-3-4-13)17-8-6-11-2-5-14-12(10-11)7-9-19-14/h2,5,10,13H,3-4,6-9H2,1H3,(H2,16,17,18). The molecule has 3 rings (SSSR count). The number of fused-ring (bicyclic) bond motifs is 1. The second-order valence-electron chi connectivity index (χ2n) is 5.21. The molecular weight excluding hydrogens is 238 g/mol. The number of guanidine groups is 1. The number of ether oxygens (including phenoxy) is 1. The van der Waals surface area contributed by atoms with Crippen LogP contribution >= 0.6 is 0 Å². The summed E-state index contributed by atoms with van der Waals surface area (Å²) >= 11 is 0. The Hall–Kier alpha value is -1.71. The lowest BCUT2D eigenvalue weighted by Crippen LogP contribution is -2.39. The zero-order valence-electron chi connectivity index (χ0n) is 11.4. The molecule has 1 aliphatic carbocycles. The first-order chi connectivity index (χ1) is 9.35. The van der Waals surface area contributed by atoms with Crippen LogP contribution in [0.1, 0.15) is 24.0 Å². The maximum atomic E-state index is 5.52. The first kappa shape index (κ1) is 12.3. The molecule has 0 amide bonds. The average molecular weight is 259 g/mol. The van der Waals surface area contributed by atoms with Gasteiger partial charge >= 0.3 is 0 Å². The molecule has 0 radical (unpaired) electrons. The minimum atomic E-state index is 0.642.